The lowest BCUT2D eigenvalue weighted by molar-refractivity contribution is -0.114. The number of nitrogens with one attached hydrogen (secondary N) is 1. The summed E-state index contributed by atoms with van der Waals surface area (Å²) in [5.41, 5.74) is 1.68. The first-order valence-electron chi connectivity index (χ1n) is 9.45. The number of amides is 1. The molecule has 2 aromatic carbocycles. The smallest absolute Gasteiger partial charge is 0.349 e. The molecule has 1 heterocycles. The maximum atomic E-state index is 13.5. The third-order valence-electron chi connectivity index (χ3n) is 4.53. The van der Waals surface area contributed by atoms with Crippen LogP contribution >= 0.6 is 11.3 Å². The van der Waals surface area contributed by atoms with Gasteiger partial charge >= 0.3 is 5.97 Å². The Labute approximate surface area is 190 Å². The molecule has 0 unspecified atom stereocenters. The highest BCUT2D eigenvalue weighted by Gasteiger charge is 2.32. The Kier molecular flexibility index (Phi) is 7.16. The first-order chi connectivity index (χ1) is 15.3. The number of benzene rings is 2. The topological polar surface area (TPSA) is 102 Å². The van der Waals surface area contributed by atoms with Crippen molar-refractivity contribution >= 4 is 44.6 Å². The Morgan fingerprint density at radius 3 is 2.44 bits per heavy atom. The number of esters is 1. The van der Waals surface area contributed by atoms with Crippen molar-refractivity contribution < 1.29 is 27.5 Å². The SMILES string of the molecule is COC(=O)c1sccc1S(=O)(=O)N(CC(=O)Nc1cccc(OC)c1)c1ccc(C)cc1. The van der Waals surface area contributed by atoms with Gasteiger partial charge < -0.3 is 14.8 Å². The van der Waals surface area contributed by atoms with Gasteiger partial charge in [-0.25, -0.2) is 13.2 Å². The van der Waals surface area contributed by atoms with E-state index in [-0.39, 0.29) is 9.77 Å². The molecule has 1 amide bonds. The largest absolute Gasteiger partial charge is 0.497 e. The number of thiophene rings is 1. The molecule has 168 valence electrons. The fourth-order valence-electron chi connectivity index (χ4n) is 2.92. The van der Waals surface area contributed by atoms with Gasteiger partial charge in [-0.2, -0.15) is 0 Å². The lowest BCUT2D eigenvalue weighted by atomic mass is 10.2. The van der Waals surface area contributed by atoms with Crippen LogP contribution in [0.25, 0.3) is 0 Å². The van der Waals surface area contributed by atoms with E-state index >= 15 is 0 Å². The van der Waals surface area contributed by atoms with Gasteiger partial charge in [0.2, 0.25) is 5.91 Å². The molecule has 0 bridgehead atoms. The molecule has 3 rings (SSSR count). The highest BCUT2D eigenvalue weighted by molar-refractivity contribution is 7.93. The first-order valence-corrected chi connectivity index (χ1v) is 11.8. The van der Waals surface area contributed by atoms with Crippen LogP contribution in [0, 0.1) is 6.92 Å². The van der Waals surface area contributed by atoms with E-state index in [0.29, 0.717) is 17.1 Å². The highest BCUT2D eigenvalue weighted by atomic mass is 32.2. The maximum Gasteiger partial charge on any atom is 0.349 e. The molecule has 0 radical (unpaired) electrons. The van der Waals surface area contributed by atoms with E-state index in [1.807, 2.05) is 6.92 Å². The summed E-state index contributed by atoms with van der Waals surface area (Å²) in [7, 11) is -1.57. The van der Waals surface area contributed by atoms with Gasteiger partial charge in [0.25, 0.3) is 10.0 Å². The van der Waals surface area contributed by atoms with Crippen molar-refractivity contribution in [1.82, 2.24) is 0 Å². The predicted molar refractivity (Wildman–Crippen MR) is 123 cm³/mol. The zero-order chi connectivity index (χ0) is 23.3. The third kappa shape index (κ3) is 5.09. The Morgan fingerprint density at radius 1 is 1.06 bits per heavy atom. The average Bonchev–Trinajstić information content (AvgIpc) is 3.29. The number of methoxy groups -OCH3 is 2. The molecule has 1 aromatic heterocycles. The second-order valence-electron chi connectivity index (χ2n) is 6.73. The molecular weight excluding hydrogens is 452 g/mol. The Balaban J connectivity index is 1.97. The highest BCUT2D eigenvalue weighted by Crippen LogP contribution is 2.30. The first kappa shape index (κ1) is 23.3. The van der Waals surface area contributed by atoms with Crippen molar-refractivity contribution in [3.05, 3.63) is 70.4 Å². The van der Waals surface area contributed by atoms with Crippen LogP contribution in [0.15, 0.2) is 64.9 Å². The Hall–Kier alpha value is -3.37. The summed E-state index contributed by atoms with van der Waals surface area (Å²) < 4.78 is 37.9. The fraction of sp³-hybridized carbons (Fsp3) is 0.182. The van der Waals surface area contributed by atoms with Crippen LogP contribution in [0.3, 0.4) is 0 Å². The molecule has 0 aliphatic rings. The predicted octanol–water partition coefficient (Wildman–Crippen LogP) is 3.69. The zero-order valence-electron chi connectivity index (χ0n) is 17.7. The number of nitrogens with zero attached hydrogens (tertiary/aromatic N) is 1. The van der Waals surface area contributed by atoms with E-state index in [0.717, 1.165) is 21.2 Å². The number of hydrogen-bond donors (Lipinski definition) is 1. The number of aryl methyl sites for hydroxylation is 1. The quantitative estimate of drug-likeness (QED) is 0.500. The molecular formula is C22H22N2O6S2. The number of sulfonamides is 1. The van der Waals surface area contributed by atoms with E-state index in [4.69, 9.17) is 9.47 Å². The van der Waals surface area contributed by atoms with Crippen LogP contribution in [0.2, 0.25) is 0 Å². The molecule has 0 aliphatic heterocycles. The number of rotatable bonds is 8. The van der Waals surface area contributed by atoms with Crippen LogP contribution in [-0.4, -0.2) is 41.1 Å². The van der Waals surface area contributed by atoms with Gasteiger partial charge in [0.05, 0.1) is 19.9 Å². The minimum Gasteiger partial charge on any atom is -0.497 e. The van der Waals surface area contributed by atoms with E-state index in [1.165, 1.54) is 25.7 Å². The standard InChI is InChI=1S/C22H22N2O6S2/c1-15-7-9-17(10-8-15)24(14-20(25)23-16-5-4-6-18(13-16)29-2)32(27,28)19-11-12-31-21(19)22(26)30-3/h4-13H,14H2,1-3H3,(H,23,25). The summed E-state index contributed by atoms with van der Waals surface area (Å²) in [6.45, 7) is 1.37. The van der Waals surface area contributed by atoms with E-state index in [9.17, 15) is 18.0 Å². The second kappa shape index (κ2) is 9.84. The molecule has 0 aliphatic carbocycles. The van der Waals surface area contributed by atoms with E-state index in [2.05, 4.69) is 5.32 Å². The molecule has 0 spiro atoms. The molecule has 1 N–H and O–H groups in total. The molecule has 0 saturated heterocycles. The van der Waals surface area contributed by atoms with Crippen LogP contribution in [-0.2, 0) is 19.6 Å². The van der Waals surface area contributed by atoms with E-state index < -0.39 is 28.4 Å². The minimum atomic E-state index is -4.25. The summed E-state index contributed by atoms with van der Waals surface area (Å²) >= 11 is 0.955. The van der Waals surface area contributed by atoms with Gasteiger partial charge in [-0.15, -0.1) is 11.3 Å². The summed E-state index contributed by atoms with van der Waals surface area (Å²) in [6, 6.07) is 14.7. The number of carbonyl (C=O) groups excluding carboxylic acids is 2. The lowest BCUT2D eigenvalue weighted by Crippen LogP contribution is -2.38. The number of ether oxygens (including phenoxy) is 2. The Bertz CT molecular complexity index is 1220. The van der Waals surface area contributed by atoms with Crippen molar-refractivity contribution in [1.29, 1.82) is 0 Å². The number of carbonyl (C=O) groups is 2. The number of anilines is 2. The summed E-state index contributed by atoms with van der Waals surface area (Å²) in [5, 5.41) is 4.17. The monoisotopic (exact) mass is 474 g/mol. The van der Waals surface area contributed by atoms with Crippen LogP contribution in [0.5, 0.6) is 5.75 Å². The van der Waals surface area contributed by atoms with Crippen molar-refractivity contribution in [2.75, 3.05) is 30.4 Å². The molecule has 0 fully saturated rings. The molecule has 8 nitrogen and oxygen atoms in total. The number of hydrogen-bond acceptors (Lipinski definition) is 7. The fourth-order valence-corrected chi connectivity index (χ4v) is 5.65. The normalized spacial score (nSPS) is 11.0. The van der Waals surface area contributed by atoms with Gasteiger partial charge in [0.15, 0.2) is 0 Å². The molecule has 3 aromatic rings. The molecule has 0 saturated carbocycles. The summed E-state index contributed by atoms with van der Waals surface area (Å²) in [4.78, 5) is 24.6. The molecule has 10 heteroatoms. The average molecular weight is 475 g/mol. The lowest BCUT2D eigenvalue weighted by Gasteiger charge is -2.24. The maximum absolute atomic E-state index is 13.5. The van der Waals surface area contributed by atoms with Crippen molar-refractivity contribution in [2.24, 2.45) is 0 Å². The van der Waals surface area contributed by atoms with Gasteiger partial charge in [-0.05, 0) is 42.6 Å². The minimum absolute atomic E-state index is 0.0576. The van der Waals surface area contributed by atoms with E-state index in [1.54, 1.807) is 48.5 Å². The van der Waals surface area contributed by atoms with Crippen LogP contribution < -0.4 is 14.4 Å². The van der Waals surface area contributed by atoms with Crippen molar-refractivity contribution in [2.45, 2.75) is 11.8 Å². The van der Waals surface area contributed by atoms with Gasteiger partial charge in [0, 0.05) is 11.8 Å². The van der Waals surface area contributed by atoms with Gasteiger partial charge in [-0.3, -0.25) is 9.10 Å². The van der Waals surface area contributed by atoms with Gasteiger partial charge in [-0.1, -0.05) is 23.8 Å². The Morgan fingerprint density at radius 2 is 1.78 bits per heavy atom. The third-order valence-corrected chi connectivity index (χ3v) is 7.37. The molecule has 0 atom stereocenters. The van der Waals surface area contributed by atoms with Crippen molar-refractivity contribution in [3.63, 3.8) is 0 Å². The summed E-state index contributed by atoms with van der Waals surface area (Å²) in [6.07, 6.45) is 0. The van der Waals surface area contributed by atoms with Crippen molar-refractivity contribution in [3.8, 4) is 5.75 Å². The van der Waals surface area contributed by atoms with Gasteiger partial charge in [0.1, 0.15) is 22.1 Å². The zero-order valence-corrected chi connectivity index (χ0v) is 19.3. The summed E-state index contributed by atoms with van der Waals surface area (Å²) in [5.74, 6) is -0.771. The second-order valence-corrected chi connectivity index (χ2v) is 9.48. The van der Waals surface area contributed by atoms with Crippen LogP contribution in [0.4, 0.5) is 11.4 Å². The molecule has 32 heavy (non-hydrogen) atoms. The van der Waals surface area contributed by atoms with Crippen LogP contribution in [0.1, 0.15) is 15.2 Å².